The summed E-state index contributed by atoms with van der Waals surface area (Å²) in [5.74, 6) is -0.479. The van der Waals surface area contributed by atoms with Crippen molar-refractivity contribution in [3.63, 3.8) is 0 Å². The number of carbonyl (C=O) groups is 2. The van der Waals surface area contributed by atoms with Gasteiger partial charge in [-0.15, -0.1) is 11.3 Å². The first-order valence-electron chi connectivity index (χ1n) is 10.4. The Morgan fingerprint density at radius 3 is 2.58 bits per heavy atom. The van der Waals surface area contributed by atoms with Gasteiger partial charge >= 0.3 is 5.97 Å². The lowest BCUT2D eigenvalue weighted by Crippen LogP contribution is -2.48. The number of aryl methyl sites for hydroxylation is 1. The molecule has 1 fully saturated rings. The van der Waals surface area contributed by atoms with E-state index >= 15 is 0 Å². The lowest BCUT2D eigenvalue weighted by molar-refractivity contribution is -0.117. The number of rotatable bonds is 6. The highest BCUT2D eigenvalue weighted by Gasteiger charge is 2.20. The van der Waals surface area contributed by atoms with Crippen molar-refractivity contribution in [2.24, 2.45) is 0 Å². The molecule has 1 amide bonds. The topological polar surface area (TPSA) is 61.9 Å². The van der Waals surface area contributed by atoms with Crippen LogP contribution in [0.15, 0.2) is 47.8 Å². The third kappa shape index (κ3) is 5.12. The van der Waals surface area contributed by atoms with E-state index in [0.717, 1.165) is 38.3 Å². The van der Waals surface area contributed by atoms with Crippen molar-refractivity contribution in [1.29, 1.82) is 0 Å². The molecule has 162 valence electrons. The number of carbonyl (C=O) groups excluding carboxylic acids is 2. The first kappa shape index (κ1) is 21.5. The van der Waals surface area contributed by atoms with Gasteiger partial charge in [0.2, 0.25) is 5.91 Å². The van der Waals surface area contributed by atoms with Crippen molar-refractivity contribution in [3.8, 4) is 0 Å². The van der Waals surface area contributed by atoms with Gasteiger partial charge in [-0.2, -0.15) is 0 Å². The van der Waals surface area contributed by atoms with Crippen molar-refractivity contribution in [3.05, 3.63) is 64.5 Å². The summed E-state index contributed by atoms with van der Waals surface area (Å²) in [6.07, 6.45) is 0. The van der Waals surface area contributed by atoms with Crippen molar-refractivity contribution >= 4 is 39.0 Å². The Labute approximate surface area is 186 Å². The molecule has 4 rings (SSSR count). The summed E-state index contributed by atoms with van der Waals surface area (Å²) < 4.78 is 6.10. The molecular formula is C24H27N3O3S. The van der Waals surface area contributed by atoms with Crippen LogP contribution in [0.2, 0.25) is 0 Å². The van der Waals surface area contributed by atoms with E-state index in [1.54, 1.807) is 23.5 Å². The molecule has 6 nitrogen and oxygen atoms in total. The average molecular weight is 438 g/mol. The third-order valence-electron chi connectivity index (χ3n) is 5.72. The lowest BCUT2D eigenvalue weighted by Gasteiger charge is -2.34. The molecule has 2 heterocycles. The standard InChI is InChI=1S/C24H27N3O3S/c1-17-7-8-18(24(29)30-2)13-21(17)25-23(28)15-27-11-9-26(10-12-27)14-19-16-31-22-6-4-3-5-20(19)22/h3-8,13,16H,9-12,14-15H2,1-2H3,(H,25,28). The van der Waals surface area contributed by atoms with Crippen LogP contribution in [-0.2, 0) is 16.1 Å². The van der Waals surface area contributed by atoms with Gasteiger partial charge in [0.1, 0.15) is 0 Å². The molecule has 1 saturated heterocycles. The number of nitrogens with one attached hydrogen (secondary N) is 1. The van der Waals surface area contributed by atoms with E-state index < -0.39 is 5.97 Å². The molecule has 0 spiro atoms. The largest absolute Gasteiger partial charge is 0.465 e. The first-order valence-corrected chi connectivity index (χ1v) is 11.3. The molecule has 2 aromatic carbocycles. The smallest absolute Gasteiger partial charge is 0.337 e. The second-order valence-corrected chi connectivity index (χ2v) is 8.79. The molecule has 1 N–H and O–H groups in total. The minimum Gasteiger partial charge on any atom is -0.465 e. The van der Waals surface area contributed by atoms with E-state index in [4.69, 9.17) is 4.74 Å². The zero-order chi connectivity index (χ0) is 21.8. The fourth-order valence-corrected chi connectivity index (χ4v) is 4.85. The molecule has 1 aliphatic rings. The Morgan fingerprint density at radius 2 is 1.81 bits per heavy atom. The first-order chi connectivity index (χ1) is 15.0. The number of fused-ring (bicyclic) bond motifs is 1. The molecule has 1 aromatic heterocycles. The second-order valence-electron chi connectivity index (χ2n) is 7.88. The molecule has 0 radical (unpaired) electrons. The number of anilines is 1. The molecular weight excluding hydrogens is 410 g/mol. The lowest BCUT2D eigenvalue weighted by atomic mass is 10.1. The van der Waals surface area contributed by atoms with Gasteiger partial charge in [0.15, 0.2) is 0 Å². The average Bonchev–Trinajstić information content (AvgIpc) is 3.19. The molecule has 3 aromatic rings. The van der Waals surface area contributed by atoms with E-state index in [1.807, 2.05) is 13.0 Å². The van der Waals surface area contributed by atoms with E-state index in [9.17, 15) is 9.59 Å². The van der Waals surface area contributed by atoms with Crippen LogP contribution in [0, 0.1) is 6.92 Å². The SMILES string of the molecule is COC(=O)c1ccc(C)c(NC(=O)CN2CCN(Cc3csc4ccccc34)CC2)c1. The predicted molar refractivity (Wildman–Crippen MR) is 125 cm³/mol. The van der Waals surface area contributed by atoms with Gasteiger partial charge in [0.25, 0.3) is 0 Å². The van der Waals surface area contributed by atoms with Crippen molar-refractivity contribution < 1.29 is 14.3 Å². The Kier molecular flexibility index (Phi) is 6.65. The summed E-state index contributed by atoms with van der Waals surface area (Å²) in [5, 5.41) is 6.55. The van der Waals surface area contributed by atoms with Gasteiger partial charge in [0.05, 0.1) is 19.2 Å². The number of hydrogen-bond acceptors (Lipinski definition) is 6. The van der Waals surface area contributed by atoms with Crippen molar-refractivity contribution in [2.45, 2.75) is 13.5 Å². The van der Waals surface area contributed by atoms with Crippen molar-refractivity contribution in [2.75, 3.05) is 45.2 Å². The van der Waals surface area contributed by atoms with Crippen LogP contribution in [-0.4, -0.2) is 61.5 Å². The number of amides is 1. The minimum atomic E-state index is -0.412. The number of hydrogen-bond donors (Lipinski definition) is 1. The molecule has 7 heteroatoms. The molecule has 0 aliphatic carbocycles. The van der Waals surface area contributed by atoms with Crippen LogP contribution < -0.4 is 5.32 Å². The number of thiophene rings is 1. The van der Waals surface area contributed by atoms with Crippen LogP contribution in [0.5, 0.6) is 0 Å². The Morgan fingerprint density at radius 1 is 1.06 bits per heavy atom. The van der Waals surface area contributed by atoms with E-state index in [2.05, 4.69) is 44.8 Å². The maximum Gasteiger partial charge on any atom is 0.337 e. The third-order valence-corrected chi connectivity index (χ3v) is 6.73. The predicted octanol–water partition coefficient (Wildman–Crippen LogP) is 3.75. The fourth-order valence-electron chi connectivity index (χ4n) is 3.90. The molecule has 0 saturated carbocycles. The number of nitrogens with zero attached hydrogens (tertiary/aromatic N) is 2. The normalized spacial score (nSPS) is 15.2. The summed E-state index contributed by atoms with van der Waals surface area (Å²) in [4.78, 5) is 29.0. The van der Waals surface area contributed by atoms with Crippen LogP contribution in [0.4, 0.5) is 5.69 Å². The maximum atomic E-state index is 12.6. The fraction of sp³-hybridized carbons (Fsp3) is 0.333. The van der Waals surface area contributed by atoms with Crippen LogP contribution in [0.25, 0.3) is 10.1 Å². The van der Waals surface area contributed by atoms with Gasteiger partial charge in [-0.1, -0.05) is 24.3 Å². The van der Waals surface area contributed by atoms with Gasteiger partial charge < -0.3 is 10.1 Å². The Balaban J connectivity index is 1.29. The zero-order valence-corrected chi connectivity index (χ0v) is 18.7. The zero-order valence-electron chi connectivity index (χ0n) is 17.9. The highest BCUT2D eigenvalue weighted by Crippen LogP contribution is 2.27. The summed E-state index contributed by atoms with van der Waals surface area (Å²) >= 11 is 1.80. The van der Waals surface area contributed by atoms with Crippen LogP contribution >= 0.6 is 11.3 Å². The van der Waals surface area contributed by atoms with E-state index in [0.29, 0.717) is 17.8 Å². The minimum absolute atomic E-state index is 0.0672. The number of esters is 1. The van der Waals surface area contributed by atoms with Gasteiger partial charge in [0, 0.05) is 43.1 Å². The molecule has 1 aliphatic heterocycles. The molecule has 0 unspecified atom stereocenters. The summed E-state index contributed by atoms with van der Waals surface area (Å²) in [5.41, 5.74) is 3.37. The molecule has 0 atom stereocenters. The summed E-state index contributed by atoms with van der Waals surface area (Å²) in [6, 6.07) is 13.7. The van der Waals surface area contributed by atoms with Crippen molar-refractivity contribution in [1.82, 2.24) is 9.80 Å². The number of methoxy groups -OCH3 is 1. The van der Waals surface area contributed by atoms with Gasteiger partial charge in [-0.05, 0) is 47.0 Å². The quantitative estimate of drug-likeness (QED) is 0.595. The Hall–Kier alpha value is -2.74. The highest BCUT2D eigenvalue weighted by atomic mass is 32.1. The molecule has 31 heavy (non-hydrogen) atoms. The number of ether oxygens (including phenoxy) is 1. The van der Waals surface area contributed by atoms with Crippen LogP contribution in [0.1, 0.15) is 21.5 Å². The second kappa shape index (κ2) is 9.60. The Bertz CT molecular complexity index is 1090. The van der Waals surface area contributed by atoms with Gasteiger partial charge in [-0.3, -0.25) is 14.6 Å². The van der Waals surface area contributed by atoms with E-state index in [1.165, 1.54) is 22.8 Å². The molecule has 0 bridgehead atoms. The van der Waals surface area contributed by atoms with E-state index in [-0.39, 0.29) is 5.91 Å². The van der Waals surface area contributed by atoms with Gasteiger partial charge in [-0.25, -0.2) is 4.79 Å². The summed E-state index contributed by atoms with van der Waals surface area (Å²) in [7, 11) is 1.35. The number of piperazine rings is 1. The van der Waals surface area contributed by atoms with Crippen LogP contribution in [0.3, 0.4) is 0 Å². The summed E-state index contributed by atoms with van der Waals surface area (Å²) in [6.45, 7) is 6.79. The number of benzene rings is 2. The monoisotopic (exact) mass is 437 g/mol. The highest BCUT2D eigenvalue weighted by molar-refractivity contribution is 7.17. The maximum absolute atomic E-state index is 12.6.